The van der Waals surface area contributed by atoms with Crippen molar-refractivity contribution in [1.29, 1.82) is 0 Å². The van der Waals surface area contributed by atoms with Gasteiger partial charge in [-0.2, -0.15) is 0 Å². The fourth-order valence-electron chi connectivity index (χ4n) is 2.46. The highest BCUT2D eigenvalue weighted by Crippen LogP contribution is 2.36. The van der Waals surface area contributed by atoms with E-state index < -0.39 is 9.84 Å². The van der Waals surface area contributed by atoms with Crippen molar-refractivity contribution in [1.82, 2.24) is 5.32 Å². The van der Waals surface area contributed by atoms with Gasteiger partial charge in [0.2, 0.25) is 0 Å². The predicted octanol–water partition coefficient (Wildman–Crippen LogP) is 0.952. The van der Waals surface area contributed by atoms with Crippen LogP contribution in [0.15, 0.2) is 0 Å². The van der Waals surface area contributed by atoms with E-state index in [2.05, 4.69) is 5.32 Å². The molecule has 5 heteroatoms. The van der Waals surface area contributed by atoms with Gasteiger partial charge in [0.1, 0.15) is 0 Å². The van der Waals surface area contributed by atoms with E-state index in [0.29, 0.717) is 0 Å². The van der Waals surface area contributed by atoms with Crippen LogP contribution < -0.4 is 5.32 Å². The molecule has 1 aliphatic carbocycles. The van der Waals surface area contributed by atoms with Crippen molar-refractivity contribution in [2.45, 2.75) is 45.6 Å². The Bertz CT molecular complexity index is 321. The highest BCUT2D eigenvalue weighted by molar-refractivity contribution is 7.91. The summed E-state index contributed by atoms with van der Waals surface area (Å²) in [5.74, 6) is 0.384. The molecule has 1 saturated carbocycles. The van der Waals surface area contributed by atoms with Gasteiger partial charge in [0, 0.05) is 30.4 Å². The Morgan fingerprint density at radius 3 is 2.41 bits per heavy atom. The van der Waals surface area contributed by atoms with Crippen molar-refractivity contribution in [3.63, 3.8) is 0 Å². The molecule has 0 heterocycles. The Morgan fingerprint density at radius 2 is 1.94 bits per heavy atom. The second-order valence-corrected chi connectivity index (χ2v) is 7.74. The zero-order valence-electron chi connectivity index (χ0n) is 10.9. The van der Waals surface area contributed by atoms with Gasteiger partial charge in [-0.05, 0) is 19.8 Å². The first-order valence-corrected chi connectivity index (χ1v) is 8.30. The maximum atomic E-state index is 11.5. The van der Waals surface area contributed by atoms with Crippen molar-refractivity contribution in [3.8, 4) is 0 Å². The van der Waals surface area contributed by atoms with Crippen LogP contribution in [0.5, 0.6) is 0 Å². The largest absolute Gasteiger partial charge is 0.396 e. The molecule has 0 radical (unpaired) electrons. The lowest BCUT2D eigenvalue weighted by molar-refractivity contribution is 0.126. The van der Waals surface area contributed by atoms with E-state index in [1.165, 1.54) is 12.8 Å². The van der Waals surface area contributed by atoms with Crippen LogP contribution in [0.4, 0.5) is 0 Å². The van der Waals surface area contributed by atoms with Crippen LogP contribution in [-0.4, -0.2) is 44.2 Å². The van der Waals surface area contributed by atoms with E-state index in [1.54, 1.807) is 6.92 Å². The van der Waals surface area contributed by atoms with Gasteiger partial charge in [0.15, 0.2) is 9.84 Å². The monoisotopic (exact) mass is 263 g/mol. The van der Waals surface area contributed by atoms with Crippen molar-refractivity contribution < 1.29 is 13.5 Å². The lowest BCUT2D eigenvalue weighted by Gasteiger charge is -2.28. The molecule has 4 nitrogen and oxygen atoms in total. The third-order valence-electron chi connectivity index (χ3n) is 3.77. The quantitative estimate of drug-likeness (QED) is 0.718. The summed E-state index contributed by atoms with van der Waals surface area (Å²) in [5.41, 5.74) is -0.00969. The number of aliphatic hydroxyl groups excluding tert-OH is 1. The molecule has 1 unspecified atom stereocenters. The summed E-state index contributed by atoms with van der Waals surface area (Å²) in [7, 11) is -2.92. The van der Waals surface area contributed by atoms with Crippen LogP contribution in [0.25, 0.3) is 0 Å². The van der Waals surface area contributed by atoms with Crippen molar-refractivity contribution in [2.75, 3.05) is 24.7 Å². The van der Waals surface area contributed by atoms with Gasteiger partial charge in [-0.3, -0.25) is 0 Å². The number of aliphatic hydroxyl groups is 1. The first-order valence-electron chi connectivity index (χ1n) is 6.48. The van der Waals surface area contributed by atoms with Crippen LogP contribution in [0.1, 0.15) is 39.5 Å². The van der Waals surface area contributed by atoms with E-state index in [-0.39, 0.29) is 29.6 Å². The summed E-state index contributed by atoms with van der Waals surface area (Å²) in [4.78, 5) is 0. The van der Waals surface area contributed by atoms with E-state index >= 15 is 0 Å². The molecular formula is C12H25NO3S. The topological polar surface area (TPSA) is 66.4 Å². The molecule has 0 amide bonds. The summed E-state index contributed by atoms with van der Waals surface area (Å²) >= 11 is 0. The van der Waals surface area contributed by atoms with Crippen LogP contribution in [0.2, 0.25) is 0 Å². The third-order valence-corrected chi connectivity index (χ3v) is 5.66. The summed E-state index contributed by atoms with van der Waals surface area (Å²) in [6.45, 7) is 4.50. The lowest BCUT2D eigenvalue weighted by atomic mass is 9.87. The Morgan fingerprint density at radius 1 is 1.35 bits per heavy atom. The van der Waals surface area contributed by atoms with Crippen LogP contribution >= 0.6 is 0 Å². The van der Waals surface area contributed by atoms with Gasteiger partial charge in [0.25, 0.3) is 0 Å². The van der Waals surface area contributed by atoms with Crippen LogP contribution in [0, 0.1) is 5.41 Å². The highest BCUT2D eigenvalue weighted by atomic mass is 32.2. The summed E-state index contributed by atoms with van der Waals surface area (Å²) in [5, 5.41) is 12.7. The molecule has 2 N–H and O–H groups in total. The summed E-state index contributed by atoms with van der Waals surface area (Å²) < 4.78 is 22.9. The molecule has 0 bridgehead atoms. The maximum Gasteiger partial charge on any atom is 0.151 e. The average Bonchev–Trinajstić information content (AvgIpc) is 2.75. The van der Waals surface area contributed by atoms with E-state index in [1.807, 2.05) is 6.92 Å². The molecule has 0 aromatic heterocycles. The van der Waals surface area contributed by atoms with Gasteiger partial charge < -0.3 is 10.4 Å². The molecule has 102 valence electrons. The zero-order valence-corrected chi connectivity index (χ0v) is 11.7. The standard InChI is InChI=1S/C12H25NO3S/c1-3-17(15,16)8-11(2)13-9-12(10-14)6-4-5-7-12/h11,13-14H,3-10H2,1-2H3. The maximum absolute atomic E-state index is 11.5. The minimum atomic E-state index is -2.92. The van der Waals surface area contributed by atoms with E-state index in [0.717, 1.165) is 19.4 Å². The van der Waals surface area contributed by atoms with Crippen LogP contribution in [0.3, 0.4) is 0 Å². The van der Waals surface area contributed by atoms with Gasteiger partial charge in [-0.1, -0.05) is 19.8 Å². The SMILES string of the molecule is CCS(=O)(=O)CC(C)NCC1(CO)CCCC1. The van der Waals surface area contributed by atoms with Crippen LogP contribution in [-0.2, 0) is 9.84 Å². The number of hydrogen-bond donors (Lipinski definition) is 2. The molecule has 0 aromatic rings. The molecule has 1 aliphatic rings. The van der Waals surface area contributed by atoms with E-state index in [4.69, 9.17) is 0 Å². The van der Waals surface area contributed by atoms with Gasteiger partial charge >= 0.3 is 0 Å². The summed E-state index contributed by atoms with van der Waals surface area (Å²) in [6.07, 6.45) is 4.43. The number of sulfone groups is 1. The van der Waals surface area contributed by atoms with Gasteiger partial charge in [-0.15, -0.1) is 0 Å². The Kier molecular flexibility index (Phi) is 5.41. The second-order valence-electron chi connectivity index (χ2n) is 5.35. The molecule has 0 aromatic carbocycles. The van der Waals surface area contributed by atoms with Gasteiger partial charge in [0.05, 0.1) is 5.75 Å². The molecular weight excluding hydrogens is 238 g/mol. The summed E-state index contributed by atoms with van der Waals surface area (Å²) in [6, 6.07) is -0.0380. The predicted molar refractivity (Wildman–Crippen MR) is 69.8 cm³/mol. The third kappa shape index (κ3) is 4.56. The average molecular weight is 263 g/mol. The molecule has 1 atom stereocenters. The van der Waals surface area contributed by atoms with Crippen molar-refractivity contribution in [2.24, 2.45) is 5.41 Å². The van der Waals surface area contributed by atoms with Crippen molar-refractivity contribution in [3.05, 3.63) is 0 Å². The molecule has 17 heavy (non-hydrogen) atoms. The fourth-order valence-corrected chi connectivity index (χ4v) is 3.58. The van der Waals surface area contributed by atoms with Gasteiger partial charge in [-0.25, -0.2) is 8.42 Å². The molecule has 0 aliphatic heterocycles. The highest BCUT2D eigenvalue weighted by Gasteiger charge is 2.33. The van der Waals surface area contributed by atoms with Crippen molar-refractivity contribution >= 4 is 9.84 Å². The second kappa shape index (κ2) is 6.16. The number of nitrogens with one attached hydrogen (secondary N) is 1. The zero-order chi connectivity index (χ0) is 12.9. The normalized spacial score (nSPS) is 21.6. The molecule has 0 saturated heterocycles. The molecule has 1 fully saturated rings. The fraction of sp³-hybridized carbons (Fsp3) is 1.00. The number of hydrogen-bond acceptors (Lipinski definition) is 4. The molecule has 0 spiro atoms. The first kappa shape index (κ1) is 14.9. The number of rotatable bonds is 7. The Hall–Kier alpha value is -0.130. The first-order chi connectivity index (χ1) is 7.93. The van der Waals surface area contributed by atoms with E-state index in [9.17, 15) is 13.5 Å². The minimum Gasteiger partial charge on any atom is -0.396 e. The Labute approximate surface area is 105 Å². The lowest BCUT2D eigenvalue weighted by Crippen LogP contribution is -2.42. The Balaban J connectivity index is 2.39. The minimum absolute atomic E-state index is 0.00969. The molecule has 1 rings (SSSR count). The smallest absolute Gasteiger partial charge is 0.151 e.